The molecule has 0 bridgehead atoms. The minimum Gasteiger partial charge on any atom is -0.358 e. The third-order valence-corrected chi connectivity index (χ3v) is 2.51. The van der Waals surface area contributed by atoms with Gasteiger partial charge < -0.3 is 5.32 Å². The van der Waals surface area contributed by atoms with E-state index in [1.807, 2.05) is 25.1 Å². The van der Waals surface area contributed by atoms with E-state index < -0.39 is 0 Å². The number of rotatable bonds is 4. The van der Waals surface area contributed by atoms with E-state index in [-0.39, 0.29) is 0 Å². The van der Waals surface area contributed by atoms with Gasteiger partial charge in [0.25, 0.3) is 0 Å². The Bertz CT molecular complexity index is 325. The monoisotopic (exact) mass is 211 g/mol. The molecule has 1 aromatic rings. The third-order valence-electron chi connectivity index (χ3n) is 2.28. The summed E-state index contributed by atoms with van der Waals surface area (Å²) in [5, 5.41) is 3.41. The standard InChI is InChI=1S/C11H14ClNO/c1-8-3-4-10(12)5-11(8)9(2)6-13-7-14/h3-5,7,9H,6H2,1-2H3,(H,13,14). The van der Waals surface area contributed by atoms with Gasteiger partial charge in [-0.2, -0.15) is 0 Å². The van der Waals surface area contributed by atoms with Crippen molar-refractivity contribution < 1.29 is 4.79 Å². The zero-order valence-electron chi connectivity index (χ0n) is 8.38. The number of carbonyl (C=O) groups excluding carboxylic acids is 1. The largest absolute Gasteiger partial charge is 0.358 e. The van der Waals surface area contributed by atoms with Crippen LogP contribution in [0, 0.1) is 6.92 Å². The predicted molar refractivity (Wildman–Crippen MR) is 58.7 cm³/mol. The molecule has 1 rings (SSSR count). The molecule has 1 amide bonds. The lowest BCUT2D eigenvalue weighted by Gasteiger charge is -2.14. The summed E-state index contributed by atoms with van der Waals surface area (Å²) in [5.74, 6) is 0.291. The fraction of sp³-hybridized carbons (Fsp3) is 0.364. The van der Waals surface area contributed by atoms with Crippen LogP contribution in [0.1, 0.15) is 24.0 Å². The molecular weight excluding hydrogens is 198 g/mol. The van der Waals surface area contributed by atoms with Crippen LogP contribution in [0.15, 0.2) is 18.2 Å². The van der Waals surface area contributed by atoms with Crippen LogP contribution in [0.25, 0.3) is 0 Å². The first-order valence-electron chi connectivity index (χ1n) is 4.58. The van der Waals surface area contributed by atoms with E-state index in [1.165, 1.54) is 11.1 Å². The van der Waals surface area contributed by atoms with Gasteiger partial charge in [-0.25, -0.2) is 0 Å². The molecule has 0 aromatic heterocycles. The van der Waals surface area contributed by atoms with Gasteiger partial charge in [-0.3, -0.25) is 4.79 Å². The Morgan fingerprint density at radius 1 is 1.57 bits per heavy atom. The Kier molecular flexibility index (Phi) is 3.96. The maximum Gasteiger partial charge on any atom is 0.207 e. The van der Waals surface area contributed by atoms with Gasteiger partial charge in [-0.05, 0) is 36.1 Å². The molecule has 0 fully saturated rings. The van der Waals surface area contributed by atoms with Gasteiger partial charge >= 0.3 is 0 Å². The van der Waals surface area contributed by atoms with Crippen LogP contribution in [0.5, 0.6) is 0 Å². The van der Waals surface area contributed by atoms with Crippen molar-refractivity contribution in [1.82, 2.24) is 5.32 Å². The summed E-state index contributed by atoms with van der Waals surface area (Å²) in [7, 11) is 0. The number of amides is 1. The summed E-state index contributed by atoms with van der Waals surface area (Å²) >= 11 is 5.90. The summed E-state index contributed by atoms with van der Waals surface area (Å²) in [4.78, 5) is 10.2. The molecule has 0 spiro atoms. The van der Waals surface area contributed by atoms with E-state index in [9.17, 15) is 4.79 Å². The molecule has 1 aromatic carbocycles. The van der Waals surface area contributed by atoms with Crippen molar-refractivity contribution in [3.05, 3.63) is 34.3 Å². The van der Waals surface area contributed by atoms with Gasteiger partial charge in [0.15, 0.2) is 0 Å². The number of aryl methyl sites for hydroxylation is 1. The molecular formula is C11H14ClNO. The lowest BCUT2D eigenvalue weighted by Crippen LogP contribution is -2.18. The maximum absolute atomic E-state index is 10.2. The quantitative estimate of drug-likeness (QED) is 0.762. The average molecular weight is 212 g/mol. The highest BCUT2D eigenvalue weighted by molar-refractivity contribution is 6.30. The second kappa shape index (κ2) is 5.01. The van der Waals surface area contributed by atoms with Crippen molar-refractivity contribution in [1.29, 1.82) is 0 Å². The zero-order valence-corrected chi connectivity index (χ0v) is 9.14. The third kappa shape index (κ3) is 2.74. The first-order valence-corrected chi connectivity index (χ1v) is 4.96. The molecule has 3 heteroatoms. The van der Waals surface area contributed by atoms with Crippen LogP contribution in [-0.2, 0) is 4.79 Å². The predicted octanol–water partition coefficient (Wildman–Crippen LogP) is 2.50. The normalized spacial score (nSPS) is 12.2. The minimum absolute atomic E-state index is 0.291. The van der Waals surface area contributed by atoms with E-state index in [0.717, 1.165) is 11.4 Å². The number of nitrogens with one attached hydrogen (secondary N) is 1. The zero-order chi connectivity index (χ0) is 10.6. The van der Waals surface area contributed by atoms with Gasteiger partial charge in [0.05, 0.1) is 0 Å². The SMILES string of the molecule is Cc1ccc(Cl)cc1C(C)CNC=O. The Hall–Kier alpha value is -1.02. The maximum atomic E-state index is 10.2. The van der Waals surface area contributed by atoms with E-state index in [0.29, 0.717) is 12.5 Å². The average Bonchev–Trinajstić information content (AvgIpc) is 2.18. The Balaban J connectivity index is 2.82. The van der Waals surface area contributed by atoms with Crippen LogP contribution in [0.3, 0.4) is 0 Å². The van der Waals surface area contributed by atoms with E-state index in [2.05, 4.69) is 12.2 Å². The minimum atomic E-state index is 0.291. The van der Waals surface area contributed by atoms with Crippen LogP contribution in [-0.4, -0.2) is 13.0 Å². The summed E-state index contributed by atoms with van der Waals surface area (Å²) in [6.45, 7) is 4.75. The number of carbonyl (C=O) groups is 1. The van der Waals surface area contributed by atoms with E-state index in [4.69, 9.17) is 11.6 Å². The summed E-state index contributed by atoms with van der Waals surface area (Å²) in [5.41, 5.74) is 2.39. The van der Waals surface area contributed by atoms with Crippen LogP contribution >= 0.6 is 11.6 Å². The van der Waals surface area contributed by atoms with Crippen molar-refractivity contribution >= 4 is 18.0 Å². The van der Waals surface area contributed by atoms with Crippen LogP contribution in [0.4, 0.5) is 0 Å². The lowest BCUT2D eigenvalue weighted by molar-refractivity contribution is -0.109. The van der Waals surface area contributed by atoms with Gasteiger partial charge in [0.2, 0.25) is 6.41 Å². The smallest absolute Gasteiger partial charge is 0.207 e. The fourth-order valence-electron chi connectivity index (χ4n) is 1.48. The molecule has 1 N–H and O–H groups in total. The molecule has 1 unspecified atom stereocenters. The molecule has 0 radical (unpaired) electrons. The highest BCUT2D eigenvalue weighted by Crippen LogP contribution is 2.22. The first-order chi connectivity index (χ1) is 6.65. The topological polar surface area (TPSA) is 29.1 Å². The fourth-order valence-corrected chi connectivity index (χ4v) is 1.66. The van der Waals surface area contributed by atoms with Crippen molar-refractivity contribution in [3.8, 4) is 0 Å². The van der Waals surface area contributed by atoms with Gasteiger partial charge in [0, 0.05) is 11.6 Å². The number of halogens is 1. The Labute approximate surface area is 89.3 Å². The van der Waals surface area contributed by atoms with Crippen molar-refractivity contribution in [2.75, 3.05) is 6.54 Å². The van der Waals surface area contributed by atoms with Crippen molar-refractivity contribution in [3.63, 3.8) is 0 Å². The first kappa shape index (κ1) is 11.1. The second-order valence-electron chi connectivity index (χ2n) is 3.43. The summed E-state index contributed by atoms with van der Waals surface area (Å²) in [6.07, 6.45) is 0.719. The van der Waals surface area contributed by atoms with E-state index in [1.54, 1.807) is 0 Å². The summed E-state index contributed by atoms with van der Waals surface area (Å²) < 4.78 is 0. The molecule has 0 heterocycles. The Morgan fingerprint density at radius 3 is 2.93 bits per heavy atom. The molecule has 0 saturated carbocycles. The van der Waals surface area contributed by atoms with Gasteiger partial charge in [-0.1, -0.05) is 24.6 Å². The molecule has 76 valence electrons. The van der Waals surface area contributed by atoms with Crippen LogP contribution in [0.2, 0.25) is 5.02 Å². The van der Waals surface area contributed by atoms with E-state index >= 15 is 0 Å². The molecule has 0 aliphatic carbocycles. The molecule has 1 atom stereocenters. The molecule has 2 nitrogen and oxygen atoms in total. The molecule has 0 saturated heterocycles. The molecule has 0 aliphatic rings. The highest BCUT2D eigenvalue weighted by Gasteiger charge is 2.08. The molecule has 0 aliphatic heterocycles. The highest BCUT2D eigenvalue weighted by atomic mass is 35.5. The number of hydrogen-bond donors (Lipinski definition) is 1. The molecule has 14 heavy (non-hydrogen) atoms. The Morgan fingerprint density at radius 2 is 2.29 bits per heavy atom. The second-order valence-corrected chi connectivity index (χ2v) is 3.86. The van der Waals surface area contributed by atoms with Crippen LogP contribution < -0.4 is 5.32 Å². The number of benzene rings is 1. The number of hydrogen-bond acceptors (Lipinski definition) is 1. The van der Waals surface area contributed by atoms with Gasteiger partial charge in [-0.15, -0.1) is 0 Å². The van der Waals surface area contributed by atoms with Gasteiger partial charge in [0.1, 0.15) is 0 Å². The lowest BCUT2D eigenvalue weighted by atomic mass is 9.96. The van der Waals surface area contributed by atoms with Crippen molar-refractivity contribution in [2.24, 2.45) is 0 Å². The van der Waals surface area contributed by atoms with Crippen molar-refractivity contribution in [2.45, 2.75) is 19.8 Å². The summed E-state index contributed by atoms with van der Waals surface area (Å²) in [6, 6.07) is 5.82.